The van der Waals surface area contributed by atoms with Crippen LogP contribution in [0.4, 0.5) is 0 Å². The van der Waals surface area contributed by atoms with E-state index in [9.17, 15) is 4.79 Å². The third-order valence-corrected chi connectivity index (χ3v) is 3.28. The number of unbranched alkanes of at least 4 members (excludes halogenated alkanes) is 1. The van der Waals surface area contributed by atoms with Crippen LogP contribution in [0.25, 0.3) is 0 Å². The fourth-order valence-corrected chi connectivity index (χ4v) is 2.13. The molecule has 0 aromatic heterocycles. The molecule has 116 valence electrons. The summed E-state index contributed by atoms with van der Waals surface area (Å²) in [6.45, 7) is -0.488. The molecule has 0 saturated heterocycles. The molecule has 0 aliphatic heterocycles. The Morgan fingerprint density at radius 2 is 1.95 bits per heavy atom. The average Bonchev–Trinajstić information content (AvgIpc) is 2.70. The molecule has 3 heteroatoms. The van der Waals surface area contributed by atoms with Gasteiger partial charge in [0.1, 0.15) is 0 Å². The lowest BCUT2D eigenvalue weighted by molar-refractivity contribution is -0.135. The van der Waals surface area contributed by atoms with Gasteiger partial charge in [0.2, 0.25) is 5.91 Å². The first kappa shape index (κ1) is 7.04. The molecule has 1 aliphatic carbocycles. The summed E-state index contributed by atoms with van der Waals surface area (Å²) < 4.78 is 91.0. The minimum atomic E-state index is -3.65. The lowest BCUT2D eigenvalue weighted by Gasteiger charge is -2.34. The molecule has 0 spiro atoms. The maximum absolute atomic E-state index is 13.2. The summed E-state index contributed by atoms with van der Waals surface area (Å²) in [5.41, 5.74) is 0.395. The standard InChI is InChI=1S/C18H26ClNO/c19-14-8-7-13-18(21)20(17-11-5-2-6-12-17)15-16-9-3-1-4-10-16/h1,3-4,9-10,17H,2,5-8,11-15H2/i2D2,5D2,6D2,11D2,12D2,17D. The highest BCUT2D eigenvalue weighted by Gasteiger charge is 2.25. The van der Waals surface area contributed by atoms with Gasteiger partial charge in [-0.05, 0) is 31.2 Å². The molecule has 21 heavy (non-hydrogen) atoms. The number of amides is 1. The van der Waals surface area contributed by atoms with Crippen LogP contribution in [-0.4, -0.2) is 22.7 Å². The first-order valence-corrected chi connectivity index (χ1v) is 7.39. The van der Waals surface area contributed by atoms with Crippen molar-refractivity contribution in [2.45, 2.75) is 63.7 Å². The Hall–Kier alpha value is -1.02. The maximum atomic E-state index is 13.2. The van der Waals surface area contributed by atoms with Crippen molar-refractivity contribution in [2.75, 3.05) is 5.88 Å². The van der Waals surface area contributed by atoms with Crippen LogP contribution in [0.2, 0.25) is 0 Å². The Morgan fingerprint density at radius 1 is 1.24 bits per heavy atom. The van der Waals surface area contributed by atoms with Crippen molar-refractivity contribution in [1.29, 1.82) is 0 Å². The molecule has 0 N–H and O–H groups in total. The van der Waals surface area contributed by atoms with Gasteiger partial charge in [-0.15, -0.1) is 11.6 Å². The van der Waals surface area contributed by atoms with Crippen LogP contribution in [0, 0.1) is 0 Å². The van der Waals surface area contributed by atoms with E-state index in [0.717, 1.165) is 0 Å². The Labute approximate surface area is 148 Å². The van der Waals surface area contributed by atoms with Crippen LogP contribution in [-0.2, 0) is 11.3 Å². The van der Waals surface area contributed by atoms with Crippen molar-refractivity contribution in [2.24, 2.45) is 0 Å². The van der Waals surface area contributed by atoms with Gasteiger partial charge in [-0.25, -0.2) is 0 Å². The number of nitrogens with zero attached hydrogens (tertiary/aromatic N) is 1. The number of benzene rings is 1. The van der Waals surface area contributed by atoms with Crippen LogP contribution < -0.4 is 0 Å². The van der Waals surface area contributed by atoms with Crippen molar-refractivity contribution in [1.82, 2.24) is 4.90 Å². The van der Waals surface area contributed by atoms with Crippen LogP contribution in [0.15, 0.2) is 30.3 Å². The van der Waals surface area contributed by atoms with E-state index in [1.165, 1.54) is 0 Å². The molecule has 0 heterocycles. The molecule has 2 nitrogen and oxygen atoms in total. The Kier molecular flexibility index (Phi) is 3.05. The number of hydrogen-bond donors (Lipinski definition) is 0. The van der Waals surface area contributed by atoms with E-state index in [1.807, 2.05) is 0 Å². The SMILES string of the molecule is [2H]C1([2H])C([2H])([2H])C([2H])([2H])C([2H])(N(Cc2ccccc2)C(=O)CCCCCl)C([2H])([2H])C1([2H])[2H]. The predicted octanol–water partition coefficient (Wildman–Crippen LogP) is 4.76. The molecular weight excluding hydrogens is 282 g/mol. The fourth-order valence-electron chi connectivity index (χ4n) is 1.94. The second kappa shape index (κ2) is 9.09. The fraction of sp³-hybridized carbons (Fsp3) is 0.611. The summed E-state index contributed by atoms with van der Waals surface area (Å²) in [6.07, 6.45) is -17.8. The van der Waals surface area contributed by atoms with Gasteiger partial charge in [0.25, 0.3) is 0 Å². The zero-order valence-electron chi connectivity index (χ0n) is 22.7. The van der Waals surface area contributed by atoms with E-state index >= 15 is 0 Å². The highest BCUT2D eigenvalue weighted by atomic mass is 35.5. The molecule has 2 rings (SSSR count). The monoisotopic (exact) mass is 318 g/mol. The van der Waals surface area contributed by atoms with E-state index in [1.54, 1.807) is 30.3 Å². The van der Waals surface area contributed by atoms with Gasteiger partial charge in [0.05, 0.1) is 1.37 Å². The van der Waals surface area contributed by atoms with Crippen LogP contribution in [0.1, 0.15) is 71.8 Å². The molecule has 0 bridgehead atoms. The maximum Gasteiger partial charge on any atom is 0.223 e. The molecule has 1 amide bonds. The van der Waals surface area contributed by atoms with Gasteiger partial charge in [-0.2, -0.15) is 0 Å². The van der Waals surface area contributed by atoms with Crippen LogP contribution >= 0.6 is 11.6 Å². The van der Waals surface area contributed by atoms with E-state index in [4.69, 9.17) is 26.7 Å². The van der Waals surface area contributed by atoms with Gasteiger partial charge in [0.15, 0.2) is 0 Å². The lowest BCUT2D eigenvalue weighted by Crippen LogP contribution is -2.40. The average molecular weight is 319 g/mol. The number of carbonyl (C=O) groups excluding carboxylic acids is 1. The number of hydrogen-bond acceptors (Lipinski definition) is 1. The quantitative estimate of drug-likeness (QED) is 0.524. The summed E-state index contributed by atoms with van der Waals surface area (Å²) in [5, 5.41) is 0. The molecule has 1 aliphatic rings. The van der Waals surface area contributed by atoms with Crippen LogP contribution in [0.5, 0.6) is 0 Å². The number of carbonyl (C=O) groups is 1. The summed E-state index contributed by atoms with van der Waals surface area (Å²) in [6, 6.07) is 4.58. The molecule has 0 radical (unpaired) electrons. The highest BCUT2D eigenvalue weighted by molar-refractivity contribution is 6.17. The van der Waals surface area contributed by atoms with E-state index in [2.05, 4.69) is 0 Å². The molecular formula is C18H26ClNO. The predicted molar refractivity (Wildman–Crippen MR) is 88.4 cm³/mol. The van der Waals surface area contributed by atoms with E-state index < -0.39 is 50.3 Å². The highest BCUT2D eigenvalue weighted by Crippen LogP contribution is 2.25. The van der Waals surface area contributed by atoms with Gasteiger partial charge < -0.3 is 4.90 Å². The van der Waals surface area contributed by atoms with Gasteiger partial charge in [-0.1, -0.05) is 49.5 Å². The summed E-state index contributed by atoms with van der Waals surface area (Å²) in [7, 11) is 0. The van der Waals surface area contributed by atoms with Gasteiger partial charge in [0, 0.05) is 38.6 Å². The Bertz CT molecular complexity index is 801. The van der Waals surface area contributed by atoms with E-state index in [0.29, 0.717) is 16.9 Å². The minimum absolute atomic E-state index is 0.241. The van der Waals surface area contributed by atoms with Crippen molar-refractivity contribution in [3.05, 3.63) is 35.9 Å². The van der Waals surface area contributed by atoms with Crippen molar-refractivity contribution >= 4 is 17.5 Å². The second-order valence-corrected chi connectivity index (χ2v) is 4.96. The largest absolute Gasteiger partial charge is 0.335 e. The molecule has 0 unspecified atom stereocenters. The van der Waals surface area contributed by atoms with Crippen molar-refractivity contribution in [3.8, 4) is 0 Å². The topological polar surface area (TPSA) is 20.3 Å². The van der Waals surface area contributed by atoms with Crippen molar-refractivity contribution in [3.63, 3.8) is 0 Å². The Morgan fingerprint density at radius 3 is 2.62 bits per heavy atom. The van der Waals surface area contributed by atoms with Crippen LogP contribution in [0.3, 0.4) is 0 Å². The normalized spacial score (nSPS) is 37.1. The lowest BCUT2D eigenvalue weighted by atomic mass is 9.93. The second-order valence-electron chi connectivity index (χ2n) is 4.59. The molecule has 0 atom stereocenters. The Balaban J connectivity index is 2.75. The van der Waals surface area contributed by atoms with E-state index in [-0.39, 0.29) is 18.7 Å². The summed E-state index contributed by atoms with van der Waals surface area (Å²) >= 11 is 5.64. The summed E-state index contributed by atoms with van der Waals surface area (Å²) in [5.74, 6) is -0.638. The first-order chi connectivity index (χ1) is 14.4. The number of halogens is 1. The molecule has 1 saturated carbocycles. The number of rotatable bonds is 7. The molecule has 1 fully saturated rings. The third kappa shape index (κ3) is 5.35. The smallest absolute Gasteiger partial charge is 0.223 e. The third-order valence-electron chi connectivity index (χ3n) is 3.02. The summed E-state index contributed by atoms with van der Waals surface area (Å²) in [4.78, 5) is 13.7. The molecule has 1 aromatic rings. The number of alkyl halides is 1. The van der Waals surface area contributed by atoms with Gasteiger partial charge in [-0.3, -0.25) is 4.79 Å². The first-order valence-electron chi connectivity index (χ1n) is 12.4. The van der Waals surface area contributed by atoms with Crippen molar-refractivity contribution < 1.29 is 19.9 Å². The minimum Gasteiger partial charge on any atom is -0.335 e. The zero-order chi connectivity index (χ0) is 24.8. The van der Waals surface area contributed by atoms with Gasteiger partial charge >= 0.3 is 0 Å². The molecule has 1 aromatic carbocycles. The zero-order valence-corrected chi connectivity index (χ0v) is 12.4.